The fraction of sp³-hybridized carbons (Fsp3) is 0.909. The van der Waals surface area contributed by atoms with Gasteiger partial charge in [0.25, 0.3) is 0 Å². The van der Waals surface area contributed by atoms with E-state index in [1.54, 1.807) is 0 Å². The van der Waals surface area contributed by atoms with Crippen molar-refractivity contribution in [2.75, 3.05) is 32.8 Å². The molecule has 1 saturated heterocycles. The molecule has 1 aliphatic heterocycles. The van der Waals surface area contributed by atoms with Gasteiger partial charge < -0.3 is 14.5 Å². The van der Waals surface area contributed by atoms with Crippen molar-refractivity contribution in [2.24, 2.45) is 0 Å². The third-order valence-corrected chi connectivity index (χ3v) is 2.90. The van der Waals surface area contributed by atoms with Gasteiger partial charge in [-0.1, -0.05) is 6.92 Å². The van der Waals surface area contributed by atoms with Crippen LogP contribution in [0.1, 0.15) is 27.2 Å². The molecule has 1 atom stereocenters. The smallest absolute Gasteiger partial charge is 0.320 e. The van der Waals surface area contributed by atoms with Gasteiger partial charge in [0, 0.05) is 26.2 Å². The number of nitrogens with zero attached hydrogens (tertiary/aromatic N) is 2. The second-order valence-corrected chi connectivity index (χ2v) is 3.80. The Morgan fingerprint density at radius 1 is 1.40 bits per heavy atom. The van der Waals surface area contributed by atoms with Crippen molar-refractivity contribution in [1.29, 1.82) is 0 Å². The Hall–Kier alpha value is -0.770. The fourth-order valence-corrected chi connectivity index (χ4v) is 1.83. The normalized spacial score (nSPS) is 21.5. The maximum Gasteiger partial charge on any atom is 0.320 e. The lowest BCUT2D eigenvalue weighted by Gasteiger charge is -2.35. The van der Waals surface area contributed by atoms with Crippen LogP contribution in [0.25, 0.3) is 0 Å². The maximum atomic E-state index is 12.0. The zero-order valence-corrected chi connectivity index (χ0v) is 10.0. The van der Waals surface area contributed by atoms with E-state index in [4.69, 9.17) is 4.74 Å². The third-order valence-electron chi connectivity index (χ3n) is 2.90. The van der Waals surface area contributed by atoms with E-state index in [-0.39, 0.29) is 12.1 Å². The Labute approximate surface area is 92.2 Å². The van der Waals surface area contributed by atoms with Gasteiger partial charge in [0.2, 0.25) is 0 Å². The summed E-state index contributed by atoms with van der Waals surface area (Å²) in [6.45, 7) is 9.82. The molecule has 0 aromatic rings. The van der Waals surface area contributed by atoms with E-state index in [1.165, 1.54) is 0 Å². The fourth-order valence-electron chi connectivity index (χ4n) is 1.83. The quantitative estimate of drug-likeness (QED) is 0.714. The summed E-state index contributed by atoms with van der Waals surface area (Å²) >= 11 is 0. The van der Waals surface area contributed by atoms with E-state index < -0.39 is 0 Å². The van der Waals surface area contributed by atoms with Crippen LogP contribution in [0.3, 0.4) is 0 Å². The Morgan fingerprint density at radius 3 is 2.60 bits per heavy atom. The summed E-state index contributed by atoms with van der Waals surface area (Å²) in [5.74, 6) is 0. The van der Waals surface area contributed by atoms with E-state index in [1.807, 2.05) is 23.6 Å². The van der Waals surface area contributed by atoms with Crippen LogP contribution >= 0.6 is 0 Å². The number of hydrogen-bond donors (Lipinski definition) is 0. The highest BCUT2D eigenvalue weighted by Crippen LogP contribution is 2.10. The van der Waals surface area contributed by atoms with Crippen LogP contribution in [-0.4, -0.2) is 54.7 Å². The predicted molar refractivity (Wildman–Crippen MR) is 59.9 cm³/mol. The van der Waals surface area contributed by atoms with Crippen LogP contribution in [0.5, 0.6) is 0 Å². The highest BCUT2D eigenvalue weighted by molar-refractivity contribution is 5.74. The molecule has 0 N–H and O–H groups in total. The highest BCUT2D eigenvalue weighted by atomic mass is 16.5. The summed E-state index contributed by atoms with van der Waals surface area (Å²) in [5, 5.41) is 0. The largest absolute Gasteiger partial charge is 0.375 e. The van der Waals surface area contributed by atoms with Gasteiger partial charge in [-0.05, 0) is 20.3 Å². The van der Waals surface area contributed by atoms with Crippen molar-refractivity contribution in [2.45, 2.75) is 33.3 Å². The van der Waals surface area contributed by atoms with E-state index in [2.05, 4.69) is 6.92 Å². The van der Waals surface area contributed by atoms with Crippen LogP contribution in [0.4, 0.5) is 4.79 Å². The van der Waals surface area contributed by atoms with E-state index in [0.29, 0.717) is 6.61 Å². The minimum Gasteiger partial charge on any atom is -0.375 e. The minimum absolute atomic E-state index is 0.154. The molecule has 1 aliphatic rings. The molecule has 1 fully saturated rings. The molecule has 15 heavy (non-hydrogen) atoms. The van der Waals surface area contributed by atoms with Gasteiger partial charge in [-0.15, -0.1) is 0 Å². The second-order valence-electron chi connectivity index (χ2n) is 3.80. The van der Waals surface area contributed by atoms with Crippen molar-refractivity contribution in [3.63, 3.8) is 0 Å². The number of urea groups is 1. The third kappa shape index (κ3) is 3.09. The average Bonchev–Trinajstić information content (AvgIpc) is 2.30. The van der Waals surface area contributed by atoms with Crippen molar-refractivity contribution < 1.29 is 9.53 Å². The second kappa shape index (κ2) is 5.95. The summed E-state index contributed by atoms with van der Waals surface area (Å²) in [6, 6.07) is 0.154. The summed E-state index contributed by atoms with van der Waals surface area (Å²) in [7, 11) is 0. The van der Waals surface area contributed by atoms with Crippen LogP contribution in [0.2, 0.25) is 0 Å². The van der Waals surface area contributed by atoms with Crippen molar-refractivity contribution in [3.05, 3.63) is 0 Å². The Balaban J connectivity index is 2.51. The maximum absolute atomic E-state index is 12.0. The summed E-state index contributed by atoms with van der Waals surface area (Å²) in [5.41, 5.74) is 0. The number of morpholine rings is 1. The van der Waals surface area contributed by atoms with E-state index >= 15 is 0 Å². The molecule has 88 valence electrons. The number of ether oxygens (including phenoxy) is 1. The summed E-state index contributed by atoms with van der Waals surface area (Å²) in [6.07, 6.45) is 1.19. The molecule has 0 aromatic heterocycles. The van der Waals surface area contributed by atoms with Crippen LogP contribution in [0.15, 0.2) is 0 Å². The van der Waals surface area contributed by atoms with Crippen molar-refractivity contribution in [3.8, 4) is 0 Å². The zero-order chi connectivity index (χ0) is 11.3. The average molecular weight is 214 g/mol. The van der Waals surface area contributed by atoms with Crippen molar-refractivity contribution >= 4 is 6.03 Å². The molecular weight excluding hydrogens is 192 g/mol. The Morgan fingerprint density at radius 2 is 2.07 bits per heavy atom. The Bertz CT molecular complexity index is 205. The molecule has 0 aromatic carbocycles. The number of carbonyl (C=O) groups excluding carboxylic acids is 1. The van der Waals surface area contributed by atoms with Gasteiger partial charge in [0.15, 0.2) is 0 Å². The monoisotopic (exact) mass is 214 g/mol. The molecular formula is C11H22N2O2. The number of rotatable bonds is 3. The summed E-state index contributed by atoms with van der Waals surface area (Å²) in [4.78, 5) is 15.8. The first-order valence-electron chi connectivity index (χ1n) is 5.88. The van der Waals surface area contributed by atoms with Crippen LogP contribution < -0.4 is 0 Å². The van der Waals surface area contributed by atoms with Crippen LogP contribution in [0, 0.1) is 0 Å². The lowest BCUT2D eigenvalue weighted by Crippen LogP contribution is -2.50. The molecule has 0 radical (unpaired) electrons. The summed E-state index contributed by atoms with van der Waals surface area (Å²) < 4.78 is 5.54. The van der Waals surface area contributed by atoms with Gasteiger partial charge in [0.05, 0.1) is 12.7 Å². The van der Waals surface area contributed by atoms with Gasteiger partial charge in [0.1, 0.15) is 0 Å². The lowest BCUT2D eigenvalue weighted by molar-refractivity contribution is -0.0200. The van der Waals surface area contributed by atoms with E-state index in [0.717, 1.165) is 32.6 Å². The number of carbonyl (C=O) groups is 1. The molecule has 0 aliphatic carbocycles. The molecule has 0 spiro atoms. The first kappa shape index (κ1) is 12.3. The SMILES string of the molecule is CCC1CN(C(=O)N(CC)CC)CCO1. The molecule has 0 bridgehead atoms. The number of hydrogen-bond acceptors (Lipinski definition) is 2. The van der Waals surface area contributed by atoms with E-state index in [9.17, 15) is 4.79 Å². The molecule has 2 amide bonds. The van der Waals surface area contributed by atoms with Crippen molar-refractivity contribution in [1.82, 2.24) is 9.80 Å². The minimum atomic E-state index is 0.154. The van der Waals surface area contributed by atoms with Gasteiger partial charge in [-0.2, -0.15) is 0 Å². The Kier molecular flexibility index (Phi) is 4.88. The first-order chi connectivity index (χ1) is 7.22. The molecule has 4 heteroatoms. The molecule has 0 saturated carbocycles. The van der Waals surface area contributed by atoms with Gasteiger partial charge in [-0.3, -0.25) is 0 Å². The molecule has 1 heterocycles. The van der Waals surface area contributed by atoms with Crippen LogP contribution in [-0.2, 0) is 4.74 Å². The standard InChI is InChI=1S/C11H22N2O2/c1-4-10-9-13(7-8-15-10)11(14)12(5-2)6-3/h10H,4-9H2,1-3H3. The number of amides is 2. The molecule has 4 nitrogen and oxygen atoms in total. The van der Waals surface area contributed by atoms with Gasteiger partial charge >= 0.3 is 6.03 Å². The first-order valence-corrected chi connectivity index (χ1v) is 5.88. The predicted octanol–water partition coefficient (Wildman–Crippen LogP) is 1.56. The topological polar surface area (TPSA) is 32.8 Å². The molecule has 1 rings (SSSR count). The lowest BCUT2D eigenvalue weighted by atomic mass is 10.2. The highest BCUT2D eigenvalue weighted by Gasteiger charge is 2.25. The molecule has 1 unspecified atom stereocenters. The van der Waals surface area contributed by atoms with Gasteiger partial charge in [-0.25, -0.2) is 4.79 Å². The zero-order valence-electron chi connectivity index (χ0n) is 10.0.